The average Bonchev–Trinajstić information content (AvgIpc) is 3.27. The van der Waals surface area contributed by atoms with Gasteiger partial charge >= 0.3 is 11.9 Å². The number of carbonyl (C=O) groups excluding carboxylic acids is 1. The van der Waals surface area contributed by atoms with Gasteiger partial charge in [0, 0.05) is 5.39 Å². The Bertz CT molecular complexity index is 798. The first-order valence-electron chi connectivity index (χ1n) is 8.83. The van der Waals surface area contributed by atoms with Gasteiger partial charge < -0.3 is 15.7 Å². The summed E-state index contributed by atoms with van der Waals surface area (Å²) in [7, 11) is 0. The molecule has 1 aromatic carbocycles. The first kappa shape index (κ1) is 18.8. The highest BCUT2D eigenvalue weighted by Gasteiger charge is 2.35. The summed E-state index contributed by atoms with van der Waals surface area (Å²) in [5.74, 6) is -0.488. The van der Waals surface area contributed by atoms with E-state index >= 15 is 0 Å². The summed E-state index contributed by atoms with van der Waals surface area (Å²) < 4.78 is 1.09. The van der Waals surface area contributed by atoms with Gasteiger partial charge in [-0.2, -0.15) is 16.5 Å². The van der Waals surface area contributed by atoms with Crippen molar-refractivity contribution in [2.24, 2.45) is 17.6 Å². The molecule has 1 aromatic heterocycles. The number of para-hydroxylation sites is 1. The summed E-state index contributed by atoms with van der Waals surface area (Å²) in [4.78, 5) is 29.7. The molecule has 0 saturated heterocycles. The van der Waals surface area contributed by atoms with E-state index in [1.807, 2.05) is 6.26 Å². The number of carboxylic acids is 1. The number of fused-ring (bicyclic) bond motifs is 1. The molecule has 2 aromatic rings. The monoisotopic (exact) mass is 376 g/mol. The van der Waals surface area contributed by atoms with Crippen molar-refractivity contribution in [3.05, 3.63) is 36.0 Å². The third-order valence-electron chi connectivity index (χ3n) is 5.16. The second-order valence-electron chi connectivity index (χ2n) is 6.79. The topological polar surface area (TPSA) is 94.6 Å². The smallest absolute Gasteiger partial charge is 0.356 e. The summed E-state index contributed by atoms with van der Waals surface area (Å²) in [6, 6.07) is 7.80. The normalized spacial score (nSPS) is 17.3. The fraction of sp³-hybridized carbons (Fsp3) is 0.474. The predicted molar refractivity (Wildman–Crippen MR) is 102 cm³/mol. The number of hydrogen-bond acceptors (Lipinski definition) is 5. The van der Waals surface area contributed by atoms with Crippen LogP contribution in [0.5, 0.6) is 0 Å². The number of thioether (sulfide) groups is 1. The molecule has 0 spiro atoms. The second kappa shape index (κ2) is 8.14. The van der Waals surface area contributed by atoms with Crippen LogP contribution < -0.4 is 10.6 Å². The molecule has 1 heterocycles. The Morgan fingerprint density at radius 3 is 2.69 bits per heavy atom. The molecule has 0 aliphatic heterocycles. The van der Waals surface area contributed by atoms with E-state index in [9.17, 15) is 14.7 Å². The van der Waals surface area contributed by atoms with Crippen LogP contribution in [-0.2, 0) is 4.79 Å². The molecule has 6 nitrogen and oxygen atoms in total. The van der Waals surface area contributed by atoms with Gasteiger partial charge in [0.25, 0.3) is 0 Å². The zero-order chi connectivity index (χ0) is 18.7. The molecule has 1 saturated carbocycles. The SMILES string of the molecule is CSCC(C1CCCC1)C(N)C(=O)On1c(C(=O)O)cc2ccccc21. The highest BCUT2D eigenvalue weighted by Crippen LogP contribution is 2.34. The molecular weight excluding hydrogens is 352 g/mol. The molecular formula is C19H24N2O4S. The molecule has 0 amide bonds. The van der Waals surface area contributed by atoms with Gasteiger partial charge in [-0.25, -0.2) is 9.59 Å². The standard InChI is InChI=1S/C19H24N2O4S/c1-26-11-14(12-6-2-3-7-12)17(20)19(24)25-21-15-9-5-4-8-13(15)10-16(21)18(22)23/h4-5,8-10,12,14,17H,2-3,6-7,11,20H2,1H3,(H,22,23). The van der Waals surface area contributed by atoms with E-state index in [4.69, 9.17) is 10.6 Å². The van der Waals surface area contributed by atoms with E-state index < -0.39 is 18.0 Å². The molecule has 2 unspecified atom stereocenters. The molecule has 1 aliphatic rings. The van der Waals surface area contributed by atoms with Gasteiger partial charge in [0.1, 0.15) is 6.04 Å². The van der Waals surface area contributed by atoms with E-state index in [0.29, 0.717) is 16.8 Å². The van der Waals surface area contributed by atoms with Gasteiger partial charge in [-0.1, -0.05) is 43.9 Å². The fourth-order valence-corrected chi connectivity index (χ4v) is 4.68. The minimum atomic E-state index is -1.15. The van der Waals surface area contributed by atoms with Crippen molar-refractivity contribution in [1.29, 1.82) is 0 Å². The fourth-order valence-electron chi connectivity index (χ4n) is 3.81. The minimum Gasteiger partial charge on any atom is -0.476 e. The predicted octanol–water partition coefficient (Wildman–Crippen LogP) is 2.79. The second-order valence-corrected chi connectivity index (χ2v) is 7.70. The highest BCUT2D eigenvalue weighted by molar-refractivity contribution is 7.98. The largest absolute Gasteiger partial charge is 0.476 e. The number of rotatable bonds is 7. The number of aromatic carboxylic acids is 1. The van der Waals surface area contributed by atoms with E-state index in [-0.39, 0.29) is 11.6 Å². The molecule has 1 fully saturated rings. The van der Waals surface area contributed by atoms with Gasteiger partial charge in [-0.15, -0.1) is 0 Å². The Morgan fingerprint density at radius 2 is 2.04 bits per heavy atom. The number of benzene rings is 1. The molecule has 3 N–H and O–H groups in total. The molecule has 26 heavy (non-hydrogen) atoms. The number of nitrogens with two attached hydrogens (primary N) is 1. The van der Waals surface area contributed by atoms with Gasteiger partial charge in [0.2, 0.25) is 0 Å². The Labute approximate surface area is 156 Å². The number of carbonyl (C=O) groups is 2. The van der Waals surface area contributed by atoms with E-state index in [2.05, 4.69) is 0 Å². The third-order valence-corrected chi connectivity index (χ3v) is 5.88. The molecule has 3 rings (SSSR count). The lowest BCUT2D eigenvalue weighted by atomic mass is 9.86. The van der Waals surface area contributed by atoms with Crippen molar-refractivity contribution >= 4 is 34.6 Å². The van der Waals surface area contributed by atoms with Crippen LogP contribution in [0.2, 0.25) is 0 Å². The van der Waals surface area contributed by atoms with Crippen LogP contribution in [0.1, 0.15) is 36.2 Å². The number of nitrogens with zero attached hydrogens (tertiary/aromatic N) is 1. The first-order valence-corrected chi connectivity index (χ1v) is 10.2. The third kappa shape index (κ3) is 3.73. The van der Waals surface area contributed by atoms with E-state index in [0.717, 1.165) is 23.3 Å². The van der Waals surface area contributed by atoms with Gasteiger partial charge in [-0.05, 0) is 36.0 Å². The summed E-state index contributed by atoms with van der Waals surface area (Å²) in [5, 5.41) is 10.1. The van der Waals surface area contributed by atoms with Crippen molar-refractivity contribution in [2.75, 3.05) is 12.0 Å². The maximum atomic E-state index is 12.7. The van der Waals surface area contributed by atoms with E-state index in [1.54, 1.807) is 36.0 Å². The Balaban J connectivity index is 1.85. The first-order chi connectivity index (χ1) is 12.5. The zero-order valence-electron chi connectivity index (χ0n) is 14.8. The van der Waals surface area contributed by atoms with Crippen LogP contribution in [-0.4, -0.2) is 39.8 Å². The summed E-state index contributed by atoms with van der Waals surface area (Å²) in [6.07, 6.45) is 6.51. The van der Waals surface area contributed by atoms with Crippen LogP contribution in [0, 0.1) is 11.8 Å². The average molecular weight is 376 g/mol. The van der Waals surface area contributed by atoms with Crippen molar-refractivity contribution in [1.82, 2.24) is 4.73 Å². The van der Waals surface area contributed by atoms with Gasteiger partial charge in [0.05, 0.1) is 5.52 Å². The summed E-state index contributed by atoms with van der Waals surface area (Å²) >= 11 is 1.67. The van der Waals surface area contributed by atoms with Crippen molar-refractivity contribution < 1.29 is 19.5 Å². The molecule has 1 aliphatic carbocycles. The molecule has 0 radical (unpaired) electrons. The van der Waals surface area contributed by atoms with Crippen LogP contribution >= 0.6 is 11.8 Å². The molecule has 2 atom stereocenters. The molecule has 0 bridgehead atoms. The maximum Gasteiger partial charge on any atom is 0.356 e. The zero-order valence-corrected chi connectivity index (χ0v) is 15.6. The minimum absolute atomic E-state index is 0.0371. The summed E-state index contributed by atoms with van der Waals surface area (Å²) in [5.41, 5.74) is 6.71. The lowest BCUT2D eigenvalue weighted by Gasteiger charge is -2.27. The van der Waals surface area contributed by atoms with Crippen molar-refractivity contribution in [3.8, 4) is 0 Å². The quantitative estimate of drug-likeness (QED) is 0.772. The lowest BCUT2D eigenvalue weighted by molar-refractivity contribution is -0.147. The van der Waals surface area contributed by atoms with Gasteiger partial charge in [-0.3, -0.25) is 0 Å². The highest BCUT2D eigenvalue weighted by atomic mass is 32.2. The van der Waals surface area contributed by atoms with Gasteiger partial charge in [0.15, 0.2) is 5.69 Å². The number of hydrogen-bond donors (Lipinski definition) is 2. The molecule has 7 heteroatoms. The van der Waals surface area contributed by atoms with Crippen LogP contribution in [0.15, 0.2) is 30.3 Å². The van der Waals surface area contributed by atoms with Crippen LogP contribution in [0.4, 0.5) is 0 Å². The lowest BCUT2D eigenvalue weighted by Crippen LogP contribution is -2.46. The Hall–Kier alpha value is -1.99. The Morgan fingerprint density at radius 1 is 1.35 bits per heavy atom. The van der Waals surface area contributed by atoms with E-state index in [1.165, 1.54) is 18.9 Å². The molecule has 140 valence electrons. The Kier molecular flexibility index (Phi) is 5.88. The van der Waals surface area contributed by atoms with Crippen LogP contribution in [0.25, 0.3) is 10.9 Å². The summed E-state index contributed by atoms with van der Waals surface area (Å²) in [6.45, 7) is 0. The van der Waals surface area contributed by atoms with Crippen molar-refractivity contribution in [2.45, 2.75) is 31.7 Å². The van der Waals surface area contributed by atoms with Crippen LogP contribution in [0.3, 0.4) is 0 Å². The number of carboxylic acid groups (broad SMARTS) is 1. The number of aromatic nitrogens is 1. The van der Waals surface area contributed by atoms with Crippen molar-refractivity contribution in [3.63, 3.8) is 0 Å². The maximum absolute atomic E-state index is 12.7.